The van der Waals surface area contributed by atoms with Gasteiger partial charge >= 0.3 is 6.09 Å². The average Bonchev–Trinajstić information content (AvgIpc) is 2.76. The first-order valence-corrected chi connectivity index (χ1v) is 6.97. The standard InChI is InChI=1S/C16H21NO2/c1-2-3-4-8-11-15-14(17-16(18)19-15)12-13-9-6-5-7-10-13/h5-11,14-15H,2-4,12H2,1H3,(H,17,18)/b11-8+/t14-,15-/m0/s1. The van der Waals surface area contributed by atoms with Crippen molar-refractivity contribution in [1.29, 1.82) is 0 Å². The van der Waals surface area contributed by atoms with E-state index in [-0.39, 0.29) is 18.2 Å². The van der Waals surface area contributed by atoms with E-state index in [0.717, 1.165) is 12.8 Å². The summed E-state index contributed by atoms with van der Waals surface area (Å²) in [5, 5.41) is 2.88. The number of nitrogens with one attached hydrogen (secondary N) is 1. The van der Waals surface area contributed by atoms with Crippen LogP contribution in [-0.4, -0.2) is 18.2 Å². The molecule has 102 valence electrons. The number of hydrogen-bond donors (Lipinski definition) is 1. The van der Waals surface area contributed by atoms with Gasteiger partial charge in [0.1, 0.15) is 6.10 Å². The third-order valence-electron chi connectivity index (χ3n) is 3.29. The number of amides is 1. The second-order valence-electron chi connectivity index (χ2n) is 4.88. The SMILES string of the molecule is CCCC/C=C/[C@@H]1OC(=O)N[C@H]1Cc1ccccc1. The molecule has 2 atom stereocenters. The van der Waals surface area contributed by atoms with Crippen LogP contribution in [0.15, 0.2) is 42.5 Å². The lowest BCUT2D eigenvalue weighted by atomic mass is 10.0. The van der Waals surface area contributed by atoms with Gasteiger partial charge in [0.2, 0.25) is 0 Å². The fourth-order valence-electron chi connectivity index (χ4n) is 2.23. The van der Waals surface area contributed by atoms with Crippen LogP contribution in [0.4, 0.5) is 4.79 Å². The highest BCUT2D eigenvalue weighted by molar-refractivity contribution is 5.70. The first kappa shape index (κ1) is 13.7. The first-order valence-electron chi connectivity index (χ1n) is 6.97. The molecule has 1 fully saturated rings. The van der Waals surface area contributed by atoms with Crippen molar-refractivity contribution in [3.63, 3.8) is 0 Å². The van der Waals surface area contributed by atoms with E-state index in [1.54, 1.807) is 0 Å². The fraction of sp³-hybridized carbons (Fsp3) is 0.438. The predicted octanol–water partition coefficient (Wildman–Crippen LogP) is 3.45. The van der Waals surface area contributed by atoms with Crippen molar-refractivity contribution in [1.82, 2.24) is 5.32 Å². The van der Waals surface area contributed by atoms with Crippen LogP contribution in [0.25, 0.3) is 0 Å². The second-order valence-corrected chi connectivity index (χ2v) is 4.88. The minimum Gasteiger partial charge on any atom is -0.440 e. The normalized spacial score (nSPS) is 22.5. The maximum atomic E-state index is 11.4. The quantitative estimate of drug-likeness (QED) is 0.627. The number of benzene rings is 1. The summed E-state index contributed by atoms with van der Waals surface area (Å²) in [4.78, 5) is 11.4. The Hall–Kier alpha value is -1.77. The molecular weight excluding hydrogens is 238 g/mol. The zero-order valence-electron chi connectivity index (χ0n) is 11.3. The van der Waals surface area contributed by atoms with Crippen LogP contribution in [0.2, 0.25) is 0 Å². The lowest BCUT2D eigenvalue weighted by Crippen LogP contribution is -2.32. The molecule has 2 rings (SSSR count). The topological polar surface area (TPSA) is 38.3 Å². The lowest BCUT2D eigenvalue weighted by Gasteiger charge is -2.13. The number of ether oxygens (including phenoxy) is 1. The maximum absolute atomic E-state index is 11.4. The number of rotatable bonds is 6. The summed E-state index contributed by atoms with van der Waals surface area (Å²) in [5.74, 6) is 0. The Morgan fingerprint density at radius 3 is 2.84 bits per heavy atom. The third-order valence-corrected chi connectivity index (χ3v) is 3.29. The number of unbranched alkanes of at least 4 members (excludes halogenated alkanes) is 2. The molecule has 1 aromatic carbocycles. The molecule has 0 bridgehead atoms. The molecule has 3 heteroatoms. The van der Waals surface area contributed by atoms with Gasteiger partial charge in [0, 0.05) is 0 Å². The molecule has 0 saturated carbocycles. The highest BCUT2D eigenvalue weighted by Gasteiger charge is 2.31. The summed E-state index contributed by atoms with van der Waals surface area (Å²) in [5.41, 5.74) is 1.21. The van der Waals surface area contributed by atoms with E-state index in [1.165, 1.54) is 18.4 Å². The highest BCUT2D eigenvalue weighted by Crippen LogP contribution is 2.16. The van der Waals surface area contributed by atoms with E-state index in [1.807, 2.05) is 24.3 Å². The molecule has 0 unspecified atom stereocenters. The molecule has 1 amide bonds. The van der Waals surface area contributed by atoms with Crippen molar-refractivity contribution in [2.75, 3.05) is 0 Å². The minimum absolute atomic E-state index is 0.0350. The van der Waals surface area contributed by atoms with Gasteiger partial charge in [-0.25, -0.2) is 4.79 Å². The molecule has 1 aliphatic rings. The monoisotopic (exact) mass is 259 g/mol. The minimum atomic E-state index is -0.314. The fourth-order valence-corrected chi connectivity index (χ4v) is 2.23. The van der Waals surface area contributed by atoms with Gasteiger partial charge in [-0.2, -0.15) is 0 Å². The largest absolute Gasteiger partial charge is 0.440 e. The summed E-state index contributed by atoms with van der Waals surface area (Å²) in [6.45, 7) is 2.17. The molecule has 1 aliphatic heterocycles. The number of alkyl carbamates (subject to hydrolysis) is 1. The number of allylic oxidation sites excluding steroid dienone is 1. The van der Waals surface area contributed by atoms with E-state index in [9.17, 15) is 4.79 Å². The van der Waals surface area contributed by atoms with Crippen LogP contribution in [0.5, 0.6) is 0 Å². The summed E-state index contributed by atoms with van der Waals surface area (Å²) >= 11 is 0. The van der Waals surface area contributed by atoms with Crippen molar-refractivity contribution >= 4 is 6.09 Å². The maximum Gasteiger partial charge on any atom is 0.408 e. The predicted molar refractivity (Wildman–Crippen MR) is 76.0 cm³/mol. The molecule has 1 saturated heterocycles. The van der Waals surface area contributed by atoms with E-state index < -0.39 is 0 Å². The number of cyclic esters (lactones) is 1. The van der Waals surface area contributed by atoms with Crippen LogP contribution >= 0.6 is 0 Å². The van der Waals surface area contributed by atoms with Crippen molar-refractivity contribution in [3.8, 4) is 0 Å². The van der Waals surface area contributed by atoms with Crippen LogP contribution in [-0.2, 0) is 11.2 Å². The third kappa shape index (κ3) is 4.12. The van der Waals surface area contributed by atoms with Gasteiger partial charge in [0.05, 0.1) is 6.04 Å². The Bertz CT molecular complexity index is 428. The first-order chi connectivity index (χ1) is 9.29. The van der Waals surface area contributed by atoms with E-state index >= 15 is 0 Å². The zero-order chi connectivity index (χ0) is 13.5. The Balaban J connectivity index is 1.93. The Labute approximate surface area is 114 Å². The summed E-state index contributed by atoms with van der Waals surface area (Å²) in [6, 6.07) is 10.2. The van der Waals surface area contributed by atoms with Gasteiger partial charge in [0.25, 0.3) is 0 Å². The lowest BCUT2D eigenvalue weighted by molar-refractivity contribution is 0.153. The van der Waals surface area contributed by atoms with Crippen molar-refractivity contribution < 1.29 is 9.53 Å². The molecule has 1 heterocycles. The van der Waals surface area contributed by atoms with E-state index in [2.05, 4.69) is 30.4 Å². The number of carbonyl (C=O) groups is 1. The van der Waals surface area contributed by atoms with Gasteiger partial charge < -0.3 is 10.1 Å². The molecule has 1 aromatic rings. The van der Waals surface area contributed by atoms with Gasteiger partial charge in [-0.05, 0) is 24.5 Å². The average molecular weight is 259 g/mol. The molecule has 19 heavy (non-hydrogen) atoms. The molecule has 3 nitrogen and oxygen atoms in total. The summed E-state index contributed by atoms with van der Waals surface area (Å²) in [6.07, 6.45) is 7.87. The van der Waals surface area contributed by atoms with E-state index in [4.69, 9.17) is 4.74 Å². The zero-order valence-corrected chi connectivity index (χ0v) is 11.3. The van der Waals surface area contributed by atoms with Gasteiger partial charge in [0.15, 0.2) is 0 Å². The van der Waals surface area contributed by atoms with Gasteiger partial charge in [-0.3, -0.25) is 0 Å². The second kappa shape index (κ2) is 6.98. The van der Waals surface area contributed by atoms with Crippen molar-refractivity contribution in [2.24, 2.45) is 0 Å². The Morgan fingerprint density at radius 1 is 1.32 bits per heavy atom. The molecular formula is C16H21NO2. The van der Waals surface area contributed by atoms with Crippen molar-refractivity contribution in [3.05, 3.63) is 48.0 Å². The molecule has 0 radical (unpaired) electrons. The summed E-state index contributed by atoms with van der Waals surface area (Å²) in [7, 11) is 0. The number of carbonyl (C=O) groups excluding carboxylic acids is 1. The van der Waals surface area contributed by atoms with E-state index in [0.29, 0.717) is 0 Å². The molecule has 1 N–H and O–H groups in total. The van der Waals surface area contributed by atoms with Gasteiger partial charge in [-0.1, -0.05) is 56.2 Å². The molecule has 0 aliphatic carbocycles. The van der Waals surface area contributed by atoms with Crippen LogP contribution in [0.1, 0.15) is 31.7 Å². The highest BCUT2D eigenvalue weighted by atomic mass is 16.6. The van der Waals surface area contributed by atoms with Gasteiger partial charge in [-0.15, -0.1) is 0 Å². The Kier molecular flexibility index (Phi) is 5.01. The van der Waals surface area contributed by atoms with Crippen LogP contribution < -0.4 is 5.32 Å². The molecule has 0 spiro atoms. The van der Waals surface area contributed by atoms with Crippen LogP contribution in [0.3, 0.4) is 0 Å². The molecule has 0 aromatic heterocycles. The van der Waals surface area contributed by atoms with Crippen molar-refractivity contribution in [2.45, 2.75) is 44.8 Å². The summed E-state index contributed by atoms with van der Waals surface area (Å²) < 4.78 is 5.29. The Morgan fingerprint density at radius 2 is 2.11 bits per heavy atom. The smallest absolute Gasteiger partial charge is 0.408 e. The van der Waals surface area contributed by atoms with Crippen LogP contribution in [0, 0.1) is 0 Å². The number of hydrogen-bond acceptors (Lipinski definition) is 2.